The molecule has 0 spiro atoms. The lowest BCUT2D eigenvalue weighted by molar-refractivity contribution is 1.30. The van der Waals surface area contributed by atoms with Crippen LogP contribution in [0.25, 0.3) is 0 Å². The van der Waals surface area contributed by atoms with Gasteiger partial charge in [-0.05, 0) is 31.9 Å². The van der Waals surface area contributed by atoms with Gasteiger partial charge in [0, 0.05) is 25.2 Å². The SMILES string of the molecule is Cc1cc(C)c(N([SiH2][SiH3])[SiH2][SiH3])c(C)c1. The minimum absolute atomic E-state index is 0.143. The molecule has 0 aliphatic rings. The average molecular weight is 256 g/mol. The second-order valence-corrected chi connectivity index (χ2v) is 11.4. The van der Waals surface area contributed by atoms with Crippen molar-refractivity contribution < 1.29 is 0 Å². The van der Waals surface area contributed by atoms with Crippen LogP contribution in [0.5, 0.6) is 0 Å². The minimum Gasteiger partial charge on any atom is -0.439 e. The van der Waals surface area contributed by atoms with Crippen LogP contribution in [0.1, 0.15) is 16.7 Å². The molecule has 0 radical (unpaired) electrons. The molecule has 1 nitrogen and oxygen atoms in total. The molecule has 5 heteroatoms. The summed E-state index contributed by atoms with van der Waals surface area (Å²) < 4.78 is 2.82. The molecule has 0 fully saturated rings. The van der Waals surface area contributed by atoms with Crippen molar-refractivity contribution in [2.24, 2.45) is 0 Å². The van der Waals surface area contributed by atoms with E-state index in [0.717, 1.165) is 0 Å². The molecule has 78 valence electrons. The Balaban J connectivity index is 3.19. The van der Waals surface area contributed by atoms with E-state index in [4.69, 9.17) is 0 Å². The van der Waals surface area contributed by atoms with Gasteiger partial charge in [-0.2, -0.15) is 0 Å². The van der Waals surface area contributed by atoms with E-state index in [-0.39, 0.29) is 18.4 Å². The zero-order valence-corrected chi connectivity index (χ0v) is 16.8. The van der Waals surface area contributed by atoms with Crippen molar-refractivity contribution in [3.8, 4) is 0 Å². The number of benzene rings is 1. The molecular weight excluding hydrogens is 234 g/mol. The summed E-state index contributed by atoms with van der Waals surface area (Å²) in [6.45, 7) is 6.75. The third-order valence-electron chi connectivity index (χ3n) is 2.72. The molecule has 1 aromatic carbocycles. The third-order valence-corrected chi connectivity index (χ3v) is 17.5. The fraction of sp³-hybridized carbons (Fsp3) is 0.333. The Morgan fingerprint density at radius 3 is 1.79 bits per heavy atom. The molecular formula is C9H21NSi4. The van der Waals surface area contributed by atoms with Crippen LogP contribution in [0, 0.1) is 20.8 Å². The van der Waals surface area contributed by atoms with Gasteiger partial charge < -0.3 is 4.23 Å². The highest BCUT2D eigenvalue weighted by atomic mass is 29.2. The maximum atomic E-state index is 2.82. The van der Waals surface area contributed by atoms with E-state index in [1.54, 1.807) is 5.69 Å². The van der Waals surface area contributed by atoms with Crippen LogP contribution >= 0.6 is 0 Å². The second-order valence-electron chi connectivity index (χ2n) is 3.92. The maximum absolute atomic E-state index is 2.82. The highest BCUT2D eigenvalue weighted by Crippen LogP contribution is 2.24. The third kappa shape index (κ3) is 2.47. The molecule has 0 bridgehead atoms. The molecule has 0 saturated heterocycles. The van der Waals surface area contributed by atoms with Crippen molar-refractivity contribution in [1.82, 2.24) is 0 Å². The molecule has 0 unspecified atom stereocenters. The van der Waals surface area contributed by atoms with Crippen molar-refractivity contribution in [3.05, 3.63) is 28.8 Å². The van der Waals surface area contributed by atoms with E-state index < -0.39 is 0 Å². The van der Waals surface area contributed by atoms with E-state index >= 15 is 0 Å². The first-order chi connectivity index (χ1) is 6.60. The van der Waals surface area contributed by atoms with Gasteiger partial charge in [0.1, 0.15) is 0 Å². The standard InChI is InChI=1S/C9H21NSi4/c1-6-4-7(2)9(8(3)5-6)10(13-11)14-12/h4-5H,13-14H2,1-3,11-12H3. The molecule has 0 heterocycles. The van der Waals surface area contributed by atoms with Crippen LogP contribution in [0.2, 0.25) is 0 Å². The van der Waals surface area contributed by atoms with Gasteiger partial charge in [0.25, 0.3) is 0 Å². The van der Waals surface area contributed by atoms with Crippen LogP contribution in [0.4, 0.5) is 5.69 Å². The van der Waals surface area contributed by atoms with E-state index in [1.807, 2.05) is 0 Å². The van der Waals surface area contributed by atoms with Crippen LogP contribution in [-0.2, 0) is 0 Å². The molecule has 0 saturated carbocycles. The lowest BCUT2D eigenvalue weighted by Gasteiger charge is -2.26. The molecule has 0 aromatic heterocycles. The lowest BCUT2D eigenvalue weighted by atomic mass is 10.1. The number of hydrogen-bond donors (Lipinski definition) is 0. The van der Waals surface area contributed by atoms with Crippen molar-refractivity contribution >= 4 is 43.6 Å². The number of rotatable bonds is 3. The monoisotopic (exact) mass is 255 g/mol. The van der Waals surface area contributed by atoms with E-state index in [0.29, 0.717) is 0 Å². The fourth-order valence-electron chi connectivity index (χ4n) is 2.21. The summed E-state index contributed by atoms with van der Waals surface area (Å²) in [5, 5.41) is 0. The Bertz CT molecular complexity index is 300. The van der Waals surface area contributed by atoms with Gasteiger partial charge in [0.2, 0.25) is 0 Å². The fourth-order valence-corrected chi connectivity index (χ4v) is 23.6. The Morgan fingerprint density at radius 1 is 1.00 bits per heavy atom. The maximum Gasteiger partial charge on any atom is 0.0923 e. The Hall–Kier alpha value is -0.112. The zero-order valence-electron chi connectivity index (χ0n) is 10.0. The predicted octanol–water partition coefficient (Wildman–Crippen LogP) is -1.85. The summed E-state index contributed by atoms with van der Waals surface area (Å²) in [5.74, 6) is 0. The predicted molar refractivity (Wildman–Crippen MR) is 80.1 cm³/mol. The normalized spacial score (nSPS) is 12.5. The van der Waals surface area contributed by atoms with Gasteiger partial charge in [-0.3, -0.25) is 0 Å². The topological polar surface area (TPSA) is 3.24 Å². The smallest absolute Gasteiger partial charge is 0.0923 e. The summed E-state index contributed by atoms with van der Waals surface area (Å²) in [6, 6.07) is 4.68. The first-order valence-corrected chi connectivity index (χ1v) is 18.0. The number of aryl methyl sites for hydroxylation is 3. The summed E-state index contributed by atoms with van der Waals surface area (Å²) in [4.78, 5) is 0. The summed E-state index contributed by atoms with van der Waals surface area (Å²) in [5.41, 5.74) is 6.04. The van der Waals surface area contributed by atoms with Crippen molar-refractivity contribution in [2.75, 3.05) is 4.23 Å². The first kappa shape index (κ1) is 12.0. The van der Waals surface area contributed by atoms with E-state index in [2.05, 4.69) is 37.1 Å². The Morgan fingerprint density at radius 2 is 1.43 bits per heavy atom. The quantitative estimate of drug-likeness (QED) is 0.573. The Kier molecular flexibility index (Phi) is 4.36. The van der Waals surface area contributed by atoms with Crippen LogP contribution in [0.3, 0.4) is 0 Å². The minimum atomic E-state index is 0.143. The van der Waals surface area contributed by atoms with Gasteiger partial charge >= 0.3 is 0 Å². The van der Waals surface area contributed by atoms with Gasteiger partial charge in [-0.1, -0.05) is 17.7 Å². The highest BCUT2D eigenvalue weighted by molar-refractivity contribution is 7.05. The van der Waals surface area contributed by atoms with Crippen LogP contribution in [0.15, 0.2) is 12.1 Å². The van der Waals surface area contributed by atoms with Crippen molar-refractivity contribution in [3.63, 3.8) is 0 Å². The molecule has 0 N–H and O–H groups in total. The molecule has 1 rings (SSSR count). The molecule has 0 aliphatic heterocycles. The molecule has 14 heavy (non-hydrogen) atoms. The highest BCUT2D eigenvalue weighted by Gasteiger charge is 2.08. The van der Waals surface area contributed by atoms with E-state index in [9.17, 15) is 0 Å². The van der Waals surface area contributed by atoms with Crippen LogP contribution < -0.4 is 4.23 Å². The summed E-state index contributed by atoms with van der Waals surface area (Å²) >= 11 is 0. The molecule has 0 aliphatic carbocycles. The van der Waals surface area contributed by atoms with Crippen LogP contribution in [-0.4, -0.2) is 37.9 Å². The summed E-state index contributed by atoms with van der Waals surface area (Å²) in [6.07, 6.45) is 0. The number of hydrogen-bond acceptors (Lipinski definition) is 1. The van der Waals surface area contributed by atoms with Gasteiger partial charge in [0.15, 0.2) is 0 Å². The summed E-state index contributed by atoms with van der Waals surface area (Å²) in [7, 11) is 3.15. The molecule has 0 amide bonds. The lowest BCUT2D eigenvalue weighted by Crippen LogP contribution is -2.33. The van der Waals surface area contributed by atoms with Gasteiger partial charge in [-0.15, -0.1) is 0 Å². The van der Waals surface area contributed by atoms with Gasteiger partial charge in [-0.25, -0.2) is 0 Å². The average Bonchev–Trinajstić information content (AvgIpc) is 2.10. The van der Waals surface area contributed by atoms with Crippen molar-refractivity contribution in [2.45, 2.75) is 20.8 Å². The number of nitrogens with zero attached hydrogens (tertiary/aromatic N) is 1. The van der Waals surface area contributed by atoms with E-state index in [1.165, 1.54) is 36.2 Å². The molecule has 0 atom stereocenters. The number of anilines is 1. The first-order valence-electron chi connectivity index (χ1n) is 5.42. The zero-order chi connectivity index (χ0) is 10.7. The van der Waals surface area contributed by atoms with Gasteiger partial charge in [0.05, 0.1) is 18.4 Å². The van der Waals surface area contributed by atoms with Crippen molar-refractivity contribution in [1.29, 1.82) is 0 Å². The largest absolute Gasteiger partial charge is 0.439 e. The molecule has 1 aromatic rings. The second kappa shape index (κ2) is 5.11. The Labute approximate surface area is 97.5 Å².